The van der Waals surface area contributed by atoms with Gasteiger partial charge in [0.1, 0.15) is 0 Å². The molecule has 0 saturated carbocycles. The Balaban J connectivity index is 1.30. The highest BCUT2D eigenvalue weighted by Gasteiger charge is 2.17. The molecule has 2 heteroatoms. The molecule has 2 nitrogen and oxygen atoms in total. The second kappa shape index (κ2) is 10.3. The molecule has 8 aromatic rings. The molecule has 0 unspecified atom stereocenters. The van der Waals surface area contributed by atoms with Crippen LogP contribution in [0.25, 0.3) is 77.0 Å². The van der Waals surface area contributed by atoms with Crippen LogP contribution in [0.15, 0.2) is 152 Å². The number of rotatable bonds is 4. The van der Waals surface area contributed by atoms with Crippen molar-refractivity contribution in [3.63, 3.8) is 0 Å². The van der Waals surface area contributed by atoms with Crippen LogP contribution in [-0.2, 0) is 0 Å². The van der Waals surface area contributed by atoms with Crippen molar-refractivity contribution >= 4 is 32.3 Å². The monoisotopic (exact) mass is 548 g/mol. The van der Waals surface area contributed by atoms with E-state index in [2.05, 4.69) is 145 Å². The van der Waals surface area contributed by atoms with Crippen molar-refractivity contribution in [2.24, 2.45) is 0 Å². The van der Waals surface area contributed by atoms with E-state index in [0.29, 0.717) is 0 Å². The summed E-state index contributed by atoms with van der Waals surface area (Å²) < 4.78 is 0. The first-order valence-corrected chi connectivity index (χ1v) is 14.6. The van der Waals surface area contributed by atoms with Gasteiger partial charge in [0.2, 0.25) is 0 Å². The van der Waals surface area contributed by atoms with Crippen LogP contribution in [0, 0.1) is 6.92 Å². The third kappa shape index (κ3) is 4.45. The van der Waals surface area contributed by atoms with Gasteiger partial charge in [0, 0.05) is 29.7 Å². The first kappa shape index (κ1) is 25.1. The smallest absolute Gasteiger partial charge is 0.0718 e. The van der Waals surface area contributed by atoms with E-state index in [4.69, 9.17) is 4.98 Å². The van der Waals surface area contributed by atoms with E-state index in [9.17, 15) is 0 Å². The Morgan fingerprint density at radius 3 is 1.65 bits per heavy atom. The summed E-state index contributed by atoms with van der Waals surface area (Å²) in [4.78, 5) is 9.13. The summed E-state index contributed by atoms with van der Waals surface area (Å²) >= 11 is 0. The van der Waals surface area contributed by atoms with Gasteiger partial charge in [0.05, 0.1) is 5.69 Å². The first-order chi connectivity index (χ1) is 21.2. The normalized spacial score (nSPS) is 11.4. The van der Waals surface area contributed by atoms with Gasteiger partial charge in [-0.05, 0) is 96.9 Å². The van der Waals surface area contributed by atoms with Gasteiger partial charge >= 0.3 is 0 Å². The van der Waals surface area contributed by atoms with Crippen LogP contribution in [0.5, 0.6) is 0 Å². The van der Waals surface area contributed by atoms with Crippen molar-refractivity contribution in [1.29, 1.82) is 0 Å². The molecule has 2 heterocycles. The van der Waals surface area contributed by atoms with Gasteiger partial charge in [-0.15, -0.1) is 0 Å². The summed E-state index contributed by atoms with van der Waals surface area (Å²) in [5.74, 6) is 0. The molecule has 43 heavy (non-hydrogen) atoms. The SMILES string of the molecule is Cc1cncc(-c2ccc(-c3cccc(-c4c5ccccc5c(-c5ccc6ccccc6c5)c5ccccc45)c3)cn2)c1. The zero-order valence-electron chi connectivity index (χ0n) is 23.8. The maximum absolute atomic E-state index is 4.80. The van der Waals surface area contributed by atoms with E-state index in [1.807, 2.05) is 18.6 Å². The lowest BCUT2D eigenvalue weighted by Gasteiger charge is -2.18. The summed E-state index contributed by atoms with van der Waals surface area (Å²) in [6.45, 7) is 2.05. The molecular weight excluding hydrogens is 520 g/mol. The Labute approximate surface area is 251 Å². The highest BCUT2D eigenvalue weighted by Crippen LogP contribution is 2.44. The third-order valence-corrected chi connectivity index (χ3v) is 8.39. The van der Waals surface area contributed by atoms with E-state index in [1.165, 1.54) is 54.6 Å². The predicted octanol–water partition coefficient (Wildman–Crippen LogP) is 10.9. The van der Waals surface area contributed by atoms with Gasteiger partial charge in [-0.1, -0.05) is 109 Å². The van der Waals surface area contributed by atoms with Crippen LogP contribution < -0.4 is 0 Å². The molecule has 0 fully saturated rings. The summed E-state index contributed by atoms with van der Waals surface area (Å²) in [7, 11) is 0. The van der Waals surface area contributed by atoms with Gasteiger partial charge in [0.25, 0.3) is 0 Å². The number of aromatic nitrogens is 2. The first-order valence-electron chi connectivity index (χ1n) is 14.6. The van der Waals surface area contributed by atoms with Crippen molar-refractivity contribution in [1.82, 2.24) is 9.97 Å². The molecule has 0 atom stereocenters. The maximum Gasteiger partial charge on any atom is 0.0718 e. The summed E-state index contributed by atoms with van der Waals surface area (Å²) in [6, 6.07) is 48.3. The number of hydrogen-bond donors (Lipinski definition) is 0. The van der Waals surface area contributed by atoms with Crippen LogP contribution >= 0.6 is 0 Å². The van der Waals surface area contributed by atoms with Gasteiger partial charge < -0.3 is 0 Å². The second-order valence-corrected chi connectivity index (χ2v) is 11.2. The molecule has 0 aliphatic carbocycles. The minimum atomic E-state index is 0.928. The molecule has 0 amide bonds. The number of aryl methyl sites for hydroxylation is 1. The average Bonchev–Trinajstić information content (AvgIpc) is 3.07. The number of fused-ring (bicyclic) bond motifs is 3. The second-order valence-electron chi connectivity index (χ2n) is 11.2. The highest BCUT2D eigenvalue weighted by atomic mass is 14.7. The van der Waals surface area contributed by atoms with Crippen LogP contribution in [0.2, 0.25) is 0 Å². The highest BCUT2D eigenvalue weighted by molar-refractivity contribution is 6.21. The molecule has 202 valence electrons. The van der Waals surface area contributed by atoms with Crippen LogP contribution in [-0.4, -0.2) is 9.97 Å². The number of pyridine rings is 2. The molecule has 0 aliphatic rings. The lowest BCUT2D eigenvalue weighted by atomic mass is 9.85. The van der Waals surface area contributed by atoms with Crippen molar-refractivity contribution in [2.75, 3.05) is 0 Å². The third-order valence-electron chi connectivity index (χ3n) is 8.39. The van der Waals surface area contributed by atoms with Crippen molar-refractivity contribution in [3.8, 4) is 44.6 Å². The fourth-order valence-corrected chi connectivity index (χ4v) is 6.38. The van der Waals surface area contributed by atoms with Crippen LogP contribution in [0.4, 0.5) is 0 Å². The number of benzene rings is 6. The van der Waals surface area contributed by atoms with Gasteiger partial charge in [-0.25, -0.2) is 0 Å². The molecule has 0 saturated heterocycles. The lowest BCUT2D eigenvalue weighted by molar-refractivity contribution is 1.24. The lowest BCUT2D eigenvalue weighted by Crippen LogP contribution is -1.91. The van der Waals surface area contributed by atoms with Crippen molar-refractivity contribution in [3.05, 3.63) is 158 Å². The molecule has 2 aromatic heterocycles. The maximum atomic E-state index is 4.80. The largest absolute Gasteiger partial charge is 0.264 e. The number of hydrogen-bond acceptors (Lipinski definition) is 2. The Morgan fingerprint density at radius 1 is 0.395 bits per heavy atom. The van der Waals surface area contributed by atoms with Gasteiger partial charge in [0.15, 0.2) is 0 Å². The molecule has 0 spiro atoms. The van der Waals surface area contributed by atoms with Gasteiger partial charge in [-0.3, -0.25) is 9.97 Å². The molecule has 0 bridgehead atoms. The zero-order chi connectivity index (χ0) is 28.8. The fraction of sp³-hybridized carbons (Fsp3) is 0.0244. The Hall–Kier alpha value is -5.60. The van der Waals surface area contributed by atoms with E-state index in [1.54, 1.807) is 0 Å². The molecule has 0 N–H and O–H groups in total. The molecular formula is C41H28N2. The topological polar surface area (TPSA) is 25.8 Å². The molecule has 8 rings (SSSR count). The summed E-state index contributed by atoms with van der Waals surface area (Å²) in [5.41, 5.74) is 10.3. The zero-order valence-corrected chi connectivity index (χ0v) is 23.8. The van der Waals surface area contributed by atoms with E-state index < -0.39 is 0 Å². The molecule has 0 radical (unpaired) electrons. The van der Waals surface area contributed by atoms with E-state index >= 15 is 0 Å². The quantitative estimate of drug-likeness (QED) is 0.204. The summed E-state index contributed by atoms with van der Waals surface area (Å²) in [5, 5.41) is 7.53. The van der Waals surface area contributed by atoms with E-state index in [0.717, 1.165) is 27.9 Å². The Kier molecular flexibility index (Phi) is 6.05. The van der Waals surface area contributed by atoms with Crippen molar-refractivity contribution in [2.45, 2.75) is 6.92 Å². The fourth-order valence-electron chi connectivity index (χ4n) is 6.38. The van der Waals surface area contributed by atoms with Crippen molar-refractivity contribution < 1.29 is 0 Å². The summed E-state index contributed by atoms with van der Waals surface area (Å²) in [6.07, 6.45) is 5.70. The minimum Gasteiger partial charge on any atom is -0.264 e. The van der Waals surface area contributed by atoms with Crippen LogP contribution in [0.1, 0.15) is 5.56 Å². The van der Waals surface area contributed by atoms with E-state index in [-0.39, 0.29) is 0 Å². The Bertz CT molecular complexity index is 2240. The average molecular weight is 549 g/mol. The van der Waals surface area contributed by atoms with Crippen LogP contribution in [0.3, 0.4) is 0 Å². The molecule has 6 aromatic carbocycles. The standard InChI is InChI=1S/C41H28N2/c1-27-21-34(25-42-24-27)39-20-19-33(26-43-39)30-11-8-12-31(23-30)40-35-13-4-6-15-37(35)41(38-16-7-5-14-36(38)40)32-18-17-28-9-2-3-10-29(28)22-32/h2-26H,1H3. The minimum absolute atomic E-state index is 0.928. The molecule has 0 aliphatic heterocycles. The number of nitrogens with zero attached hydrogens (tertiary/aromatic N) is 2. The predicted molar refractivity (Wildman–Crippen MR) is 181 cm³/mol. The Morgan fingerprint density at radius 2 is 1.00 bits per heavy atom. The van der Waals surface area contributed by atoms with Gasteiger partial charge in [-0.2, -0.15) is 0 Å².